The Balaban J connectivity index is 3.18. The molecule has 78 valence electrons. The van der Waals surface area contributed by atoms with Gasteiger partial charge in [-0.15, -0.1) is 0 Å². The highest BCUT2D eigenvalue weighted by molar-refractivity contribution is 6.13. The molecule has 0 heterocycles. The van der Waals surface area contributed by atoms with Crippen LogP contribution in [0, 0.1) is 0 Å². The van der Waals surface area contributed by atoms with E-state index in [1.807, 2.05) is 13.8 Å². The van der Waals surface area contributed by atoms with Gasteiger partial charge in [0.15, 0.2) is 5.78 Å². The van der Waals surface area contributed by atoms with E-state index in [9.17, 15) is 4.79 Å². The molecule has 0 aromatic rings. The van der Waals surface area contributed by atoms with Crippen molar-refractivity contribution in [2.45, 2.75) is 39.2 Å². The number of allylic oxidation sites excluding steroid dienone is 1. The zero-order valence-electron chi connectivity index (χ0n) is 9.44. The van der Waals surface area contributed by atoms with Crippen LogP contribution >= 0.6 is 0 Å². The minimum atomic E-state index is -0.558. The Kier molecular flexibility index (Phi) is 2.95. The summed E-state index contributed by atoms with van der Waals surface area (Å²) in [6, 6.07) is 0. The SMILES string of the molecule is C=C1C(=O)C(C)=C(CCC)C1(C)OC. The quantitative estimate of drug-likeness (QED) is 0.646. The summed E-state index contributed by atoms with van der Waals surface area (Å²) in [5.74, 6) is 0.0535. The summed E-state index contributed by atoms with van der Waals surface area (Å²) >= 11 is 0. The molecular weight excluding hydrogens is 176 g/mol. The molecule has 14 heavy (non-hydrogen) atoms. The molecule has 0 saturated heterocycles. The van der Waals surface area contributed by atoms with Crippen LogP contribution < -0.4 is 0 Å². The first-order chi connectivity index (χ1) is 6.49. The molecule has 1 atom stereocenters. The van der Waals surface area contributed by atoms with Gasteiger partial charge in [-0.3, -0.25) is 4.79 Å². The molecule has 1 aliphatic carbocycles. The molecule has 0 N–H and O–H groups in total. The zero-order valence-corrected chi connectivity index (χ0v) is 9.44. The molecule has 0 spiro atoms. The van der Waals surface area contributed by atoms with E-state index in [4.69, 9.17) is 4.74 Å². The van der Waals surface area contributed by atoms with Crippen LogP contribution in [0.25, 0.3) is 0 Å². The van der Waals surface area contributed by atoms with Gasteiger partial charge in [0.1, 0.15) is 5.60 Å². The number of hydrogen-bond donors (Lipinski definition) is 0. The van der Waals surface area contributed by atoms with Gasteiger partial charge in [-0.2, -0.15) is 0 Å². The van der Waals surface area contributed by atoms with Crippen LogP contribution in [0.15, 0.2) is 23.3 Å². The van der Waals surface area contributed by atoms with E-state index in [2.05, 4.69) is 13.5 Å². The molecule has 0 aromatic heterocycles. The third-order valence-corrected chi connectivity index (χ3v) is 3.13. The molecule has 0 bridgehead atoms. The fourth-order valence-electron chi connectivity index (χ4n) is 2.04. The van der Waals surface area contributed by atoms with Gasteiger partial charge in [0.2, 0.25) is 0 Å². The van der Waals surface area contributed by atoms with Crippen molar-refractivity contribution >= 4 is 5.78 Å². The van der Waals surface area contributed by atoms with Gasteiger partial charge >= 0.3 is 0 Å². The second kappa shape index (κ2) is 3.70. The standard InChI is InChI=1S/C12H18O2/c1-6-7-10-8(2)11(13)9(3)12(10,4)14-5/h3,6-7H2,1-2,4-5H3. The van der Waals surface area contributed by atoms with Gasteiger partial charge in [-0.25, -0.2) is 0 Å². The summed E-state index contributed by atoms with van der Waals surface area (Å²) in [5.41, 5.74) is 1.93. The van der Waals surface area contributed by atoms with E-state index in [1.165, 1.54) is 0 Å². The lowest BCUT2D eigenvalue weighted by atomic mass is 9.91. The highest BCUT2D eigenvalue weighted by Crippen LogP contribution is 2.41. The van der Waals surface area contributed by atoms with Crippen molar-refractivity contribution in [2.75, 3.05) is 7.11 Å². The normalized spacial score (nSPS) is 27.7. The van der Waals surface area contributed by atoms with Crippen molar-refractivity contribution < 1.29 is 9.53 Å². The molecule has 1 rings (SSSR count). The van der Waals surface area contributed by atoms with Crippen LogP contribution in [0.1, 0.15) is 33.6 Å². The van der Waals surface area contributed by atoms with Gasteiger partial charge in [0, 0.05) is 12.7 Å². The van der Waals surface area contributed by atoms with Crippen molar-refractivity contribution in [2.24, 2.45) is 0 Å². The van der Waals surface area contributed by atoms with Crippen molar-refractivity contribution in [1.29, 1.82) is 0 Å². The van der Waals surface area contributed by atoms with Crippen LogP contribution in [0.3, 0.4) is 0 Å². The van der Waals surface area contributed by atoms with Gasteiger partial charge in [0.25, 0.3) is 0 Å². The van der Waals surface area contributed by atoms with Crippen LogP contribution in [-0.4, -0.2) is 18.5 Å². The van der Waals surface area contributed by atoms with E-state index >= 15 is 0 Å². The number of carbonyl (C=O) groups is 1. The monoisotopic (exact) mass is 194 g/mol. The van der Waals surface area contributed by atoms with Crippen molar-refractivity contribution in [3.63, 3.8) is 0 Å². The van der Waals surface area contributed by atoms with Crippen molar-refractivity contribution in [3.8, 4) is 0 Å². The summed E-state index contributed by atoms with van der Waals surface area (Å²) < 4.78 is 5.44. The maximum Gasteiger partial charge on any atom is 0.187 e. The lowest BCUT2D eigenvalue weighted by Gasteiger charge is -2.27. The summed E-state index contributed by atoms with van der Waals surface area (Å²) in [5, 5.41) is 0. The van der Waals surface area contributed by atoms with Crippen LogP contribution in [0.4, 0.5) is 0 Å². The van der Waals surface area contributed by atoms with E-state index in [1.54, 1.807) is 7.11 Å². The maximum atomic E-state index is 11.7. The third-order valence-electron chi connectivity index (χ3n) is 3.13. The lowest BCUT2D eigenvalue weighted by molar-refractivity contribution is -0.112. The summed E-state index contributed by atoms with van der Waals surface area (Å²) in [4.78, 5) is 11.7. The van der Waals surface area contributed by atoms with Crippen molar-refractivity contribution in [1.82, 2.24) is 0 Å². The maximum absolute atomic E-state index is 11.7. The second-order valence-electron chi connectivity index (χ2n) is 3.90. The number of carbonyl (C=O) groups excluding carboxylic acids is 1. The molecule has 0 aliphatic heterocycles. The van der Waals surface area contributed by atoms with Gasteiger partial charge in [-0.1, -0.05) is 19.9 Å². The zero-order chi connectivity index (χ0) is 10.9. The Hall–Kier alpha value is -0.890. The Morgan fingerprint density at radius 1 is 1.50 bits per heavy atom. The first-order valence-corrected chi connectivity index (χ1v) is 4.98. The fraction of sp³-hybridized carbons (Fsp3) is 0.583. The highest BCUT2D eigenvalue weighted by Gasteiger charge is 2.43. The van der Waals surface area contributed by atoms with E-state index in [0.717, 1.165) is 24.0 Å². The van der Waals surface area contributed by atoms with Crippen molar-refractivity contribution in [3.05, 3.63) is 23.3 Å². The molecule has 0 fully saturated rings. The van der Waals surface area contributed by atoms with E-state index < -0.39 is 5.60 Å². The molecular formula is C12H18O2. The largest absolute Gasteiger partial charge is 0.369 e. The fourth-order valence-corrected chi connectivity index (χ4v) is 2.04. The third kappa shape index (κ3) is 1.34. The first kappa shape index (κ1) is 11.2. The summed E-state index contributed by atoms with van der Waals surface area (Å²) in [7, 11) is 1.63. The minimum absolute atomic E-state index is 0.0535. The predicted octanol–water partition coefficient (Wildman–Crippen LogP) is 2.65. The summed E-state index contributed by atoms with van der Waals surface area (Å²) in [6.45, 7) is 9.71. The molecule has 2 nitrogen and oxygen atoms in total. The minimum Gasteiger partial charge on any atom is -0.369 e. The van der Waals surface area contributed by atoms with Gasteiger partial charge in [0.05, 0.1) is 0 Å². The average Bonchev–Trinajstić information content (AvgIpc) is 2.34. The lowest BCUT2D eigenvalue weighted by Crippen LogP contribution is -2.29. The van der Waals surface area contributed by atoms with Gasteiger partial charge in [-0.05, 0) is 31.4 Å². The molecule has 0 radical (unpaired) electrons. The highest BCUT2D eigenvalue weighted by atomic mass is 16.5. The Labute approximate surface area is 85.6 Å². The number of hydrogen-bond acceptors (Lipinski definition) is 2. The molecule has 1 unspecified atom stereocenters. The number of ether oxygens (including phenoxy) is 1. The van der Waals surface area contributed by atoms with Crippen LogP contribution in [0.2, 0.25) is 0 Å². The van der Waals surface area contributed by atoms with Gasteiger partial charge < -0.3 is 4.74 Å². The smallest absolute Gasteiger partial charge is 0.187 e. The van der Waals surface area contributed by atoms with Crippen LogP contribution in [-0.2, 0) is 9.53 Å². The molecule has 0 saturated carbocycles. The number of rotatable bonds is 3. The molecule has 0 aromatic carbocycles. The Bertz CT molecular complexity index is 312. The Morgan fingerprint density at radius 3 is 2.50 bits per heavy atom. The molecule has 2 heteroatoms. The Morgan fingerprint density at radius 2 is 2.07 bits per heavy atom. The van der Waals surface area contributed by atoms with E-state index in [-0.39, 0.29) is 5.78 Å². The van der Waals surface area contributed by atoms with Crippen LogP contribution in [0.5, 0.6) is 0 Å². The number of Topliss-reactive ketones (excluding diaryl/α,β-unsaturated/α-hetero) is 1. The van der Waals surface area contributed by atoms with E-state index in [0.29, 0.717) is 5.57 Å². The molecule has 1 aliphatic rings. The first-order valence-electron chi connectivity index (χ1n) is 4.98. The summed E-state index contributed by atoms with van der Waals surface area (Å²) in [6.07, 6.45) is 1.92. The topological polar surface area (TPSA) is 26.3 Å². The average molecular weight is 194 g/mol. The molecule has 0 amide bonds. The predicted molar refractivity (Wildman–Crippen MR) is 57.2 cm³/mol. The second-order valence-corrected chi connectivity index (χ2v) is 3.90. The number of ketones is 1. The number of methoxy groups -OCH3 is 1.